The van der Waals surface area contributed by atoms with Gasteiger partial charge in [-0.25, -0.2) is 4.90 Å². The number of hydrogen-bond acceptors (Lipinski definition) is 5. The van der Waals surface area contributed by atoms with E-state index in [1.807, 2.05) is 72.8 Å². The van der Waals surface area contributed by atoms with E-state index < -0.39 is 6.04 Å². The number of imide groups is 1. The Labute approximate surface area is 191 Å². The molecule has 6 heteroatoms. The van der Waals surface area contributed by atoms with Crippen molar-refractivity contribution >= 4 is 35.0 Å². The second-order valence-electron chi connectivity index (χ2n) is 7.66. The summed E-state index contributed by atoms with van der Waals surface area (Å²) in [7, 11) is 1.62. The Balaban J connectivity index is 1.61. The summed E-state index contributed by atoms with van der Waals surface area (Å²) in [4.78, 5) is 29.9. The molecule has 0 spiro atoms. The molecule has 2 aliphatic heterocycles. The number of anilines is 2. The van der Waals surface area contributed by atoms with Gasteiger partial charge in [-0.3, -0.25) is 9.59 Å². The fourth-order valence-corrected chi connectivity index (χ4v) is 5.15. The van der Waals surface area contributed by atoms with Gasteiger partial charge in [-0.15, -0.1) is 0 Å². The highest BCUT2D eigenvalue weighted by atomic mass is 32.2. The third kappa shape index (κ3) is 3.37. The second-order valence-corrected chi connectivity index (χ2v) is 8.71. The summed E-state index contributed by atoms with van der Waals surface area (Å²) >= 11 is 1.35. The van der Waals surface area contributed by atoms with Crippen LogP contribution < -0.4 is 15.0 Å². The largest absolute Gasteiger partial charge is 0.497 e. The molecule has 0 saturated carbocycles. The molecule has 1 N–H and O–H groups in total. The maximum absolute atomic E-state index is 13.7. The smallest absolute Gasteiger partial charge is 0.272 e. The van der Waals surface area contributed by atoms with Gasteiger partial charge in [-0.2, -0.15) is 0 Å². The zero-order valence-corrected chi connectivity index (χ0v) is 18.6. The quantitative estimate of drug-likeness (QED) is 0.553. The zero-order valence-electron chi connectivity index (χ0n) is 17.8. The van der Waals surface area contributed by atoms with E-state index in [-0.39, 0.29) is 11.8 Å². The topological polar surface area (TPSA) is 58.6 Å². The summed E-state index contributed by atoms with van der Waals surface area (Å²) in [6, 6.07) is 22.5. The number of hydrogen-bond donors (Lipinski definition) is 1. The normalized spacial score (nSPS) is 17.6. The van der Waals surface area contributed by atoms with Gasteiger partial charge in [-0.1, -0.05) is 55.1 Å². The van der Waals surface area contributed by atoms with Gasteiger partial charge in [0.2, 0.25) is 0 Å². The average Bonchev–Trinajstić information content (AvgIpc) is 2.98. The zero-order chi connectivity index (χ0) is 22.2. The molecule has 160 valence electrons. The molecule has 2 aliphatic rings. The summed E-state index contributed by atoms with van der Waals surface area (Å²) < 4.78 is 5.29. The van der Waals surface area contributed by atoms with Gasteiger partial charge in [0, 0.05) is 10.6 Å². The van der Waals surface area contributed by atoms with Crippen LogP contribution in [0.5, 0.6) is 5.75 Å². The number of nitrogens with zero attached hydrogens (tertiary/aromatic N) is 1. The minimum atomic E-state index is -0.455. The van der Waals surface area contributed by atoms with Crippen LogP contribution in [0, 0.1) is 0 Å². The highest BCUT2D eigenvalue weighted by molar-refractivity contribution is 8.04. The average molecular weight is 443 g/mol. The number of para-hydroxylation sites is 1. The first-order valence-corrected chi connectivity index (χ1v) is 11.3. The number of thioether (sulfide) groups is 1. The molecule has 2 amide bonds. The van der Waals surface area contributed by atoms with Crippen molar-refractivity contribution in [3.05, 3.63) is 94.4 Å². The van der Waals surface area contributed by atoms with Gasteiger partial charge in [0.1, 0.15) is 5.75 Å². The summed E-state index contributed by atoms with van der Waals surface area (Å²) in [5.74, 6) is 0.164. The molecule has 32 heavy (non-hydrogen) atoms. The van der Waals surface area contributed by atoms with Gasteiger partial charge >= 0.3 is 0 Å². The highest BCUT2D eigenvalue weighted by Crippen LogP contribution is 2.48. The Morgan fingerprint density at radius 1 is 0.938 bits per heavy atom. The van der Waals surface area contributed by atoms with Crippen molar-refractivity contribution in [2.75, 3.05) is 17.3 Å². The first-order valence-electron chi connectivity index (χ1n) is 10.5. The standard InChI is InChI=1S/C26H22N2O3S/c1-3-16-8-12-18(13-9-16)28-25(29)22-23(17-10-14-19(31-2)15-11-17)27-20-6-4-5-7-21(20)32-24(22)26(28)30/h4-15,23,27H,3H2,1-2H3/t23-/m1/s1. The van der Waals surface area contributed by atoms with Crippen molar-refractivity contribution in [2.45, 2.75) is 24.3 Å². The molecule has 0 bridgehead atoms. The lowest BCUT2D eigenvalue weighted by Crippen LogP contribution is -2.33. The number of rotatable bonds is 4. The molecule has 0 aliphatic carbocycles. The van der Waals surface area contributed by atoms with Crippen LogP contribution >= 0.6 is 11.8 Å². The van der Waals surface area contributed by atoms with Crippen LogP contribution in [0.2, 0.25) is 0 Å². The number of carbonyl (C=O) groups is 2. The molecule has 0 radical (unpaired) electrons. The first kappa shape index (κ1) is 20.4. The van der Waals surface area contributed by atoms with E-state index in [4.69, 9.17) is 4.74 Å². The SMILES string of the molecule is CCc1ccc(N2C(=O)C3=C(C2=O)[C@@H](c2ccc(OC)cc2)Nc2ccccc2S3)cc1. The Hall–Kier alpha value is -3.51. The fourth-order valence-electron chi connectivity index (χ4n) is 4.05. The Morgan fingerprint density at radius 2 is 1.66 bits per heavy atom. The lowest BCUT2D eigenvalue weighted by Gasteiger charge is -2.23. The van der Waals surface area contributed by atoms with Crippen LogP contribution in [-0.2, 0) is 16.0 Å². The van der Waals surface area contributed by atoms with E-state index in [2.05, 4.69) is 12.2 Å². The van der Waals surface area contributed by atoms with Crippen LogP contribution in [0.1, 0.15) is 24.1 Å². The predicted octanol–water partition coefficient (Wildman–Crippen LogP) is 5.34. The molecule has 0 saturated heterocycles. The molecule has 0 aromatic heterocycles. The van der Waals surface area contributed by atoms with Crippen LogP contribution in [-0.4, -0.2) is 18.9 Å². The molecule has 3 aromatic carbocycles. The van der Waals surface area contributed by atoms with Gasteiger partial charge in [-0.05, 0) is 53.9 Å². The molecule has 2 heterocycles. The first-order chi connectivity index (χ1) is 15.6. The fraction of sp³-hybridized carbons (Fsp3) is 0.154. The van der Waals surface area contributed by atoms with E-state index >= 15 is 0 Å². The summed E-state index contributed by atoms with van der Waals surface area (Å²) in [6.45, 7) is 2.07. The number of amides is 2. The molecule has 1 atom stereocenters. The van der Waals surface area contributed by atoms with Crippen molar-refractivity contribution in [3.8, 4) is 5.75 Å². The van der Waals surface area contributed by atoms with E-state index in [0.717, 1.165) is 33.9 Å². The highest BCUT2D eigenvalue weighted by Gasteiger charge is 2.45. The minimum absolute atomic E-state index is 0.281. The van der Waals surface area contributed by atoms with Crippen molar-refractivity contribution in [3.63, 3.8) is 0 Å². The van der Waals surface area contributed by atoms with Gasteiger partial charge in [0.25, 0.3) is 11.8 Å². The van der Waals surface area contributed by atoms with Gasteiger partial charge in [0.15, 0.2) is 0 Å². The van der Waals surface area contributed by atoms with Gasteiger partial charge in [0.05, 0.1) is 29.3 Å². The number of fused-ring (bicyclic) bond motifs is 1. The van der Waals surface area contributed by atoms with Crippen LogP contribution in [0.3, 0.4) is 0 Å². The number of nitrogens with one attached hydrogen (secondary N) is 1. The Morgan fingerprint density at radius 3 is 2.34 bits per heavy atom. The maximum atomic E-state index is 13.7. The van der Waals surface area contributed by atoms with Crippen LogP contribution in [0.4, 0.5) is 11.4 Å². The van der Waals surface area contributed by atoms with E-state index in [9.17, 15) is 9.59 Å². The molecule has 3 aromatic rings. The molecular weight excluding hydrogens is 420 g/mol. The van der Waals surface area contributed by atoms with Crippen molar-refractivity contribution in [1.82, 2.24) is 0 Å². The van der Waals surface area contributed by atoms with Crippen molar-refractivity contribution in [2.24, 2.45) is 0 Å². The molecule has 0 unspecified atom stereocenters. The summed E-state index contributed by atoms with van der Waals surface area (Å²) in [5, 5.41) is 3.51. The van der Waals surface area contributed by atoms with Crippen molar-refractivity contribution in [1.29, 1.82) is 0 Å². The third-order valence-corrected chi connectivity index (χ3v) is 6.99. The Kier molecular flexibility index (Phi) is 5.23. The number of aryl methyl sites for hydroxylation is 1. The Bertz CT molecular complexity index is 1230. The second kappa shape index (κ2) is 8.20. The monoisotopic (exact) mass is 442 g/mol. The number of benzene rings is 3. The van der Waals surface area contributed by atoms with E-state index in [1.54, 1.807) is 7.11 Å². The maximum Gasteiger partial charge on any atom is 0.272 e. The van der Waals surface area contributed by atoms with Gasteiger partial charge < -0.3 is 10.1 Å². The predicted molar refractivity (Wildman–Crippen MR) is 127 cm³/mol. The van der Waals surface area contributed by atoms with E-state index in [1.165, 1.54) is 16.7 Å². The molecule has 0 fully saturated rings. The van der Waals surface area contributed by atoms with Crippen LogP contribution in [0.25, 0.3) is 0 Å². The summed E-state index contributed by atoms with van der Waals surface area (Å²) in [6.07, 6.45) is 0.896. The lowest BCUT2D eigenvalue weighted by molar-refractivity contribution is -0.120. The molecule has 5 rings (SSSR count). The number of methoxy groups -OCH3 is 1. The van der Waals surface area contributed by atoms with Crippen molar-refractivity contribution < 1.29 is 14.3 Å². The number of carbonyl (C=O) groups excluding carboxylic acids is 2. The summed E-state index contributed by atoms with van der Waals surface area (Å²) in [5.41, 5.74) is 4.00. The molecule has 5 nitrogen and oxygen atoms in total. The van der Waals surface area contributed by atoms with E-state index in [0.29, 0.717) is 16.2 Å². The lowest BCUT2D eigenvalue weighted by atomic mass is 9.98. The number of ether oxygens (including phenoxy) is 1. The third-order valence-electron chi connectivity index (χ3n) is 5.81. The van der Waals surface area contributed by atoms with Crippen LogP contribution in [0.15, 0.2) is 88.2 Å². The molecular formula is C26H22N2O3S. The minimum Gasteiger partial charge on any atom is -0.497 e.